The van der Waals surface area contributed by atoms with Gasteiger partial charge < -0.3 is 4.90 Å². The van der Waals surface area contributed by atoms with Crippen LogP contribution in [0.15, 0.2) is 42.9 Å². The monoisotopic (exact) mass is 379 g/mol. The molecule has 0 radical (unpaired) electrons. The molecule has 1 aromatic carbocycles. The molecule has 144 valence electrons. The molecule has 1 aliphatic heterocycles. The number of likely N-dealkylation sites (tertiary alicyclic amines) is 1. The van der Waals surface area contributed by atoms with Crippen molar-refractivity contribution in [3.63, 3.8) is 0 Å². The third kappa shape index (κ3) is 3.65. The number of aromatic nitrogens is 4. The summed E-state index contributed by atoms with van der Waals surface area (Å²) in [5.74, 6) is 0.570. The van der Waals surface area contributed by atoms with Gasteiger partial charge in [0.2, 0.25) is 0 Å². The molecule has 1 saturated heterocycles. The fraction of sp³-hybridized carbons (Fsp3) is 0.333. The van der Waals surface area contributed by atoms with Crippen LogP contribution in [-0.2, 0) is 6.42 Å². The molecule has 1 aliphatic rings. The Morgan fingerprint density at radius 1 is 1.21 bits per heavy atom. The average molecular weight is 379 g/mol. The molecule has 1 atom stereocenters. The first-order chi connectivity index (χ1) is 13.7. The van der Waals surface area contributed by atoms with Gasteiger partial charge >= 0.3 is 0 Å². The fourth-order valence-electron chi connectivity index (χ4n) is 3.69. The van der Waals surface area contributed by atoms with E-state index >= 15 is 0 Å². The third-order valence-electron chi connectivity index (χ3n) is 5.21. The molecule has 0 saturated carbocycles. The number of halogens is 1. The van der Waals surface area contributed by atoms with Crippen molar-refractivity contribution in [2.24, 2.45) is 0 Å². The number of piperidine rings is 1. The van der Waals surface area contributed by atoms with Gasteiger partial charge in [-0.3, -0.25) is 9.89 Å². The predicted octanol–water partition coefficient (Wildman–Crippen LogP) is 3.59. The normalized spacial score (nSPS) is 16.9. The second-order valence-corrected chi connectivity index (χ2v) is 7.04. The van der Waals surface area contributed by atoms with Crippen LogP contribution in [0, 0.1) is 5.82 Å². The summed E-state index contributed by atoms with van der Waals surface area (Å²) in [5, 5.41) is 7.30. The molecule has 28 heavy (non-hydrogen) atoms. The van der Waals surface area contributed by atoms with Crippen LogP contribution < -0.4 is 0 Å². The van der Waals surface area contributed by atoms with Crippen LogP contribution in [0.25, 0.3) is 11.1 Å². The fourth-order valence-corrected chi connectivity index (χ4v) is 3.69. The molecule has 7 heteroatoms. The number of amides is 1. The molecule has 0 bridgehead atoms. The van der Waals surface area contributed by atoms with Crippen LogP contribution in [0.1, 0.15) is 47.6 Å². The maximum Gasteiger partial charge on any atom is 0.257 e. The van der Waals surface area contributed by atoms with Gasteiger partial charge in [-0.25, -0.2) is 14.4 Å². The first kappa shape index (κ1) is 18.3. The number of aromatic amines is 1. The highest BCUT2D eigenvalue weighted by Gasteiger charge is 2.28. The van der Waals surface area contributed by atoms with Crippen LogP contribution in [0.3, 0.4) is 0 Å². The minimum Gasteiger partial charge on any atom is -0.338 e. The SMILES string of the molecule is CCc1ncc(C(=O)N2CCC[C@@H](c3[nH]ncc3-c3ccc(F)cc3)C2)cn1. The lowest BCUT2D eigenvalue weighted by molar-refractivity contribution is 0.0705. The zero-order valence-electron chi connectivity index (χ0n) is 15.7. The van der Waals surface area contributed by atoms with Gasteiger partial charge in [-0.1, -0.05) is 19.1 Å². The van der Waals surface area contributed by atoms with E-state index in [1.165, 1.54) is 12.1 Å². The number of H-pyrrole nitrogens is 1. The summed E-state index contributed by atoms with van der Waals surface area (Å²) < 4.78 is 13.3. The molecule has 3 heterocycles. The Hall–Kier alpha value is -3.09. The minimum absolute atomic E-state index is 0.0461. The van der Waals surface area contributed by atoms with Crippen molar-refractivity contribution >= 4 is 5.91 Å². The molecule has 1 fully saturated rings. The lowest BCUT2D eigenvalue weighted by Crippen LogP contribution is -2.39. The molecular weight excluding hydrogens is 357 g/mol. The Bertz CT molecular complexity index is 952. The highest BCUT2D eigenvalue weighted by atomic mass is 19.1. The average Bonchev–Trinajstić information content (AvgIpc) is 3.24. The van der Waals surface area contributed by atoms with Crippen LogP contribution in [0.5, 0.6) is 0 Å². The van der Waals surface area contributed by atoms with Gasteiger partial charge in [-0.05, 0) is 30.5 Å². The lowest BCUT2D eigenvalue weighted by atomic mass is 9.90. The number of hydrogen-bond acceptors (Lipinski definition) is 4. The number of benzene rings is 1. The van der Waals surface area contributed by atoms with Crippen molar-refractivity contribution < 1.29 is 9.18 Å². The van der Waals surface area contributed by atoms with Gasteiger partial charge in [0, 0.05) is 49.1 Å². The van der Waals surface area contributed by atoms with Gasteiger partial charge in [0.25, 0.3) is 5.91 Å². The molecule has 3 aromatic rings. The number of rotatable bonds is 4. The van der Waals surface area contributed by atoms with E-state index in [1.807, 2.05) is 11.8 Å². The van der Waals surface area contributed by atoms with Gasteiger partial charge in [-0.2, -0.15) is 5.10 Å². The Morgan fingerprint density at radius 3 is 2.68 bits per heavy atom. The van der Waals surface area contributed by atoms with Crippen molar-refractivity contribution in [2.75, 3.05) is 13.1 Å². The Kier molecular flexibility index (Phi) is 5.14. The first-order valence-corrected chi connectivity index (χ1v) is 9.55. The van der Waals surface area contributed by atoms with Crippen molar-refractivity contribution in [3.05, 3.63) is 65.8 Å². The Balaban J connectivity index is 1.53. The minimum atomic E-state index is -0.264. The molecule has 2 aromatic heterocycles. The number of carbonyl (C=O) groups excluding carboxylic acids is 1. The molecule has 6 nitrogen and oxygen atoms in total. The highest BCUT2D eigenvalue weighted by Crippen LogP contribution is 2.33. The van der Waals surface area contributed by atoms with Crippen molar-refractivity contribution in [1.29, 1.82) is 0 Å². The van der Waals surface area contributed by atoms with E-state index in [9.17, 15) is 9.18 Å². The number of hydrogen-bond donors (Lipinski definition) is 1. The largest absolute Gasteiger partial charge is 0.338 e. The number of carbonyl (C=O) groups is 1. The van der Waals surface area contributed by atoms with Gasteiger partial charge in [0.05, 0.1) is 11.8 Å². The van der Waals surface area contributed by atoms with E-state index in [4.69, 9.17) is 0 Å². The van der Waals surface area contributed by atoms with E-state index in [2.05, 4.69) is 20.2 Å². The van der Waals surface area contributed by atoms with Crippen LogP contribution in [-0.4, -0.2) is 44.1 Å². The van der Waals surface area contributed by atoms with Gasteiger partial charge in [0.1, 0.15) is 11.6 Å². The van der Waals surface area contributed by atoms with E-state index in [1.54, 1.807) is 30.7 Å². The van der Waals surface area contributed by atoms with Crippen molar-refractivity contribution in [1.82, 2.24) is 25.1 Å². The molecular formula is C21H22FN5O. The van der Waals surface area contributed by atoms with Gasteiger partial charge in [-0.15, -0.1) is 0 Å². The second-order valence-electron chi connectivity index (χ2n) is 7.04. The maximum atomic E-state index is 13.3. The van der Waals surface area contributed by atoms with Crippen LogP contribution >= 0.6 is 0 Å². The summed E-state index contributed by atoms with van der Waals surface area (Å²) in [4.78, 5) is 23.2. The summed E-state index contributed by atoms with van der Waals surface area (Å²) >= 11 is 0. The van der Waals surface area contributed by atoms with Crippen LogP contribution in [0.2, 0.25) is 0 Å². The number of nitrogens with one attached hydrogen (secondary N) is 1. The number of aryl methyl sites for hydroxylation is 1. The van der Waals surface area contributed by atoms with Crippen LogP contribution in [0.4, 0.5) is 4.39 Å². The third-order valence-corrected chi connectivity index (χ3v) is 5.21. The summed E-state index contributed by atoms with van der Waals surface area (Å²) in [7, 11) is 0. The van der Waals surface area contributed by atoms with Gasteiger partial charge in [0.15, 0.2) is 0 Å². The molecule has 0 spiro atoms. The first-order valence-electron chi connectivity index (χ1n) is 9.55. The topological polar surface area (TPSA) is 74.8 Å². The summed E-state index contributed by atoms with van der Waals surface area (Å²) in [6.45, 7) is 3.30. The summed E-state index contributed by atoms with van der Waals surface area (Å²) in [5.41, 5.74) is 3.37. The smallest absolute Gasteiger partial charge is 0.257 e. The standard InChI is InChI=1S/C21H22FN5O/c1-2-19-23-10-16(11-24-19)21(28)27-9-3-4-15(13-27)20-18(12-25-26-20)14-5-7-17(22)8-6-14/h5-8,10-12,15H,2-4,9,13H2,1H3,(H,25,26)/t15-/m1/s1. The molecule has 0 unspecified atom stereocenters. The molecule has 1 amide bonds. The number of nitrogens with zero attached hydrogens (tertiary/aromatic N) is 4. The predicted molar refractivity (Wildman–Crippen MR) is 103 cm³/mol. The van der Waals surface area contributed by atoms with E-state index in [0.717, 1.165) is 41.9 Å². The summed E-state index contributed by atoms with van der Waals surface area (Å²) in [6, 6.07) is 6.40. The summed E-state index contributed by atoms with van der Waals surface area (Å²) in [6.07, 6.45) is 7.60. The van der Waals surface area contributed by atoms with E-state index < -0.39 is 0 Å². The second kappa shape index (κ2) is 7.88. The van der Waals surface area contributed by atoms with Crippen molar-refractivity contribution in [2.45, 2.75) is 32.1 Å². The zero-order valence-corrected chi connectivity index (χ0v) is 15.7. The molecule has 1 N–H and O–H groups in total. The van der Waals surface area contributed by atoms with Crippen molar-refractivity contribution in [3.8, 4) is 11.1 Å². The zero-order chi connectivity index (χ0) is 19.5. The maximum absolute atomic E-state index is 13.3. The van der Waals surface area contributed by atoms with E-state index in [0.29, 0.717) is 18.7 Å². The molecule has 4 rings (SSSR count). The Morgan fingerprint density at radius 2 is 1.96 bits per heavy atom. The Labute approximate surface area is 162 Å². The highest BCUT2D eigenvalue weighted by molar-refractivity contribution is 5.93. The van der Waals surface area contributed by atoms with E-state index in [-0.39, 0.29) is 17.6 Å². The quantitative estimate of drug-likeness (QED) is 0.752. The lowest BCUT2D eigenvalue weighted by Gasteiger charge is -2.32. The molecule has 0 aliphatic carbocycles.